The normalized spacial score (nSPS) is 20.3. The minimum atomic E-state index is 0.0155. The summed E-state index contributed by atoms with van der Waals surface area (Å²) in [5.74, 6) is 1.39. The number of piperidine rings is 1. The quantitative estimate of drug-likeness (QED) is 0.591. The molecule has 2 heterocycles. The molecule has 1 aromatic heterocycles. The number of carbonyl (C=O) groups excluding carboxylic acids is 1. The second-order valence-corrected chi connectivity index (χ2v) is 9.18. The third-order valence-electron chi connectivity index (χ3n) is 6.62. The van der Waals surface area contributed by atoms with Gasteiger partial charge < -0.3 is 14.6 Å². The van der Waals surface area contributed by atoms with Gasteiger partial charge in [-0.3, -0.25) is 9.69 Å². The van der Waals surface area contributed by atoms with Crippen LogP contribution in [0.4, 0.5) is 0 Å². The second kappa shape index (κ2) is 11.6. The van der Waals surface area contributed by atoms with Crippen LogP contribution >= 0.6 is 0 Å². The summed E-state index contributed by atoms with van der Waals surface area (Å²) < 4.78 is 11.4. The molecule has 2 aromatic rings. The lowest BCUT2D eigenvalue weighted by Gasteiger charge is -2.30. The van der Waals surface area contributed by atoms with Crippen molar-refractivity contribution in [2.75, 3.05) is 26.2 Å². The Balaban J connectivity index is 1.19. The van der Waals surface area contributed by atoms with Crippen LogP contribution in [0.25, 0.3) is 11.4 Å². The second-order valence-electron chi connectivity index (χ2n) is 9.18. The van der Waals surface area contributed by atoms with Crippen LogP contribution in [-0.4, -0.2) is 53.3 Å². The van der Waals surface area contributed by atoms with Gasteiger partial charge in [0.05, 0.1) is 18.6 Å². The van der Waals surface area contributed by atoms with Crippen LogP contribution < -0.4 is 5.32 Å². The van der Waals surface area contributed by atoms with E-state index in [1.54, 1.807) is 0 Å². The molecule has 1 saturated heterocycles. The van der Waals surface area contributed by atoms with Crippen LogP contribution in [0.5, 0.6) is 0 Å². The zero-order valence-electron chi connectivity index (χ0n) is 19.2. The van der Waals surface area contributed by atoms with Gasteiger partial charge in [0.15, 0.2) is 0 Å². The zero-order valence-corrected chi connectivity index (χ0v) is 19.2. The Morgan fingerprint density at radius 2 is 2.03 bits per heavy atom. The zero-order chi connectivity index (χ0) is 22.2. The van der Waals surface area contributed by atoms with E-state index >= 15 is 0 Å². The third kappa shape index (κ3) is 6.39. The van der Waals surface area contributed by atoms with E-state index in [4.69, 9.17) is 9.26 Å². The highest BCUT2D eigenvalue weighted by molar-refractivity contribution is 5.78. The smallest absolute Gasteiger partial charge is 0.241 e. The van der Waals surface area contributed by atoms with Crippen molar-refractivity contribution in [3.63, 3.8) is 0 Å². The van der Waals surface area contributed by atoms with Crippen LogP contribution in [0.15, 0.2) is 28.8 Å². The highest BCUT2D eigenvalue weighted by Gasteiger charge is 2.27. The van der Waals surface area contributed by atoms with Gasteiger partial charge in [0.2, 0.25) is 17.6 Å². The molecule has 32 heavy (non-hydrogen) atoms. The fraction of sp³-hybridized carbons (Fsp3) is 0.640. The van der Waals surface area contributed by atoms with Crippen molar-refractivity contribution in [3.05, 3.63) is 35.7 Å². The number of aryl methyl sites for hydroxylation is 1. The number of benzene rings is 1. The fourth-order valence-corrected chi connectivity index (χ4v) is 4.77. The number of nitrogens with zero attached hydrogens (tertiary/aromatic N) is 3. The van der Waals surface area contributed by atoms with Crippen LogP contribution in [-0.2, 0) is 16.1 Å². The first-order valence-electron chi connectivity index (χ1n) is 12.2. The molecule has 2 fully saturated rings. The average molecular weight is 441 g/mol. The summed E-state index contributed by atoms with van der Waals surface area (Å²) in [5.41, 5.74) is 2.12. The minimum Gasteiger partial charge on any atom is -0.378 e. The van der Waals surface area contributed by atoms with Crippen molar-refractivity contribution >= 4 is 5.91 Å². The van der Waals surface area contributed by atoms with Crippen molar-refractivity contribution < 1.29 is 14.1 Å². The summed E-state index contributed by atoms with van der Waals surface area (Å²) >= 11 is 0. The summed E-state index contributed by atoms with van der Waals surface area (Å²) in [6.07, 6.45) is 9.54. The predicted molar refractivity (Wildman–Crippen MR) is 123 cm³/mol. The Kier molecular flexibility index (Phi) is 8.29. The number of rotatable bonds is 9. The van der Waals surface area contributed by atoms with Crippen LogP contribution in [0.1, 0.15) is 62.8 Å². The molecule has 7 heteroatoms. The minimum absolute atomic E-state index is 0.0155. The van der Waals surface area contributed by atoms with Gasteiger partial charge in [-0.05, 0) is 51.1 Å². The van der Waals surface area contributed by atoms with E-state index in [9.17, 15) is 4.79 Å². The van der Waals surface area contributed by atoms with Gasteiger partial charge in [-0.25, -0.2) is 0 Å². The average Bonchev–Trinajstić information content (AvgIpc) is 3.28. The topological polar surface area (TPSA) is 80.5 Å². The molecule has 174 valence electrons. The van der Waals surface area contributed by atoms with Crippen molar-refractivity contribution in [2.45, 2.75) is 70.9 Å². The molecule has 0 bridgehead atoms. The number of likely N-dealkylation sites (tertiary alicyclic amines) is 1. The summed E-state index contributed by atoms with van der Waals surface area (Å²) in [6.45, 7) is 5.72. The Labute approximate surface area is 190 Å². The standard InChI is InChI=1S/C25H36N4O3/c1-19-9-5-6-13-22(19)24-27-23(32-28-24)18-29-15-7-10-20(17-29)25(30)26-14-8-16-31-21-11-3-2-4-12-21/h5-6,9,13,20-21H,2-4,7-8,10-12,14-18H2,1H3,(H,26,30). The maximum Gasteiger partial charge on any atom is 0.241 e. The Bertz CT molecular complexity index is 862. The molecule has 1 aliphatic carbocycles. The molecule has 7 nitrogen and oxygen atoms in total. The lowest BCUT2D eigenvalue weighted by molar-refractivity contribution is -0.126. The molecule has 1 aliphatic heterocycles. The first kappa shape index (κ1) is 22.9. The molecular formula is C25H36N4O3. The van der Waals surface area contributed by atoms with Gasteiger partial charge >= 0.3 is 0 Å². The van der Waals surface area contributed by atoms with Crippen molar-refractivity contribution in [1.29, 1.82) is 0 Å². The Morgan fingerprint density at radius 1 is 1.19 bits per heavy atom. The van der Waals surface area contributed by atoms with E-state index in [1.165, 1.54) is 32.1 Å². The van der Waals surface area contributed by atoms with Gasteiger partial charge in [-0.1, -0.05) is 48.7 Å². The van der Waals surface area contributed by atoms with Crippen molar-refractivity contribution in [3.8, 4) is 11.4 Å². The molecule has 1 saturated carbocycles. The molecule has 1 aromatic carbocycles. The van der Waals surface area contributed by atoms with Gasteiger partial charge in [-0.15, -0.1) is 0 Å². The van der Waals surface area contributed by atoms with E-state index in [0.29, 0.717) is 30.9 Å². The number of ether oxygens (including phenoxy) is 1. The number of nitrogens with one attached hydrogen (secondary N) is 1. The first-order valence-corrected chi connectivity index (χ1v) is 12.2. The number of aromatic nitrogens is 2. The largest absolute Gasteiger partial charge is 0.378 e. The molecule has 0 radical (unpaired) electrons. The fourth-order valence-electron chi connectivity index (χ4n) is 4.77. The Hall–Kier alpha value is -2.25. The molecule has 1 N–H and O–H groups in total. The lowest BCUT2D eigenvalue weighted by atomic mass is 9.97. The summed E-state index contributed by atoms with van der Waals surface area (Å²) in [6, 6.07) is 8.03. The highest BCUT2D eigenvalue weighted by atomic mass is 16.5. The molecular weight excluding hydrogens is 404 g/mol. The summed E-state index contributed by atoms with van der Waals surface area (Å²) in [5, 5.41) is 7.26. The highest BCUT2D eigenvalue weighted by Crippen LogP contribution is 2.23. The predicted octanol–water partition coefficient (Wildman–Crippen LogP) is 4.11. The van der Waals surface area contributed by atoms with E-state index in [0.717, 1.165) is 50.1 Å². The van der Waals surface area contributed by atoms with E-state index in [1.807, 2.05) is 31.2 Å². The van der Waals surface area contributed by atoms with Crippen molar-refractivity contribution in [1.82, 2.24) is 20.4 Å². The van der Waals surface area contributed by atoms with Crippen LogP contribution in [0.2, 0.25) is 0 Å². The number of amides is 1. The van der Waals surface area contributed by atoms with Crippen LogP contribution in [0.3, 0.4) is 0 Å². The Morgan fingerprint density at radius 3 is 2.88 bits per heavy atom. The number of carbonyl (C=O) groups is 1. The summed E-state index contributed by atoms with van der Waals surface area (Å²) in [7, 11) is 0. The van der Waals surface area contributed by atoms with Crippen LogP contribution in [0, 0.1) is 12.8 Å². The maximum atomic E-state index is 12.7. The van der Waals surface area contributed by atoms with Gasteiger partial charge in [0, 0.05) is 25.3 Å². The molecule has 1 atom stereocenters. The first-order chi connectivity index (χ1) is 15.7. The maximum absolute atomic E-state index is 12.7. The lowest BCUT2D eigenvalue weighted by Crippen LogP contribution is -2.43. The van der Waals surface area contributed by atoms with Crippen molar-refractivity contribution in [2.24, 2.45) is 5.92 Å². The monoisotopic (exact) mass is 440 g/mol. The molecule has 4 rings (SSSR count). The number of hydrogen-bond donors (Lipinski definition) is 1. The SMILES string of the molecule is Cc1ccccc1-c1noc(CN2CCCC(C(=O)NCCCOC3CCCCC3)C2)n1. The van der Waals surface area contributed by atoms with E-state index in [2.05, 4.69) is 20.4 Å². The number of hydrogen-bond acceptors (Lipinski definition) is 6. The van der Waals surface area contributed by atoms with Gasteiger partial charge in [-0.2, -0.15) is 4.98 Å². The van der Waals surface area contributed by atoms with E-state index in [-0.39, 0.29) is 11.8 Å². The molecule has 0 spiro atoms. The van der Waals surface area contributed by atoms with Gasteiger partial charge in [0.25, 0.3) is 0 Å². The summed E-state index contributed by atoms with van der Waals surface area (Å²) in [4.78, 5) is 19.5. The molecule has 1 unspecified atom stereocenters. The third-order valence-corrected chi connectivity index (χ3v) is 6.62. The van der Waals surface area contributed by atoms with Gasteiger partial charge in [0.1, 0.15) is 0 Å². The van der Waals surface area contributed by atoms with E-state index < -0.39 is 0 Å². The molecule has 2 aliphatic rings. The molecule has 1 amide bonds.